The number of benzene rings is 3. The van der Waals surface area contributed by atoms with Crippen molar-refractivity contribution >= 4 is 23.4 Å². The summed E-state index contributed by atoms with van der Waals surface area (Å²) in [6.07, 6.45) is 0. The minimum Gasteiger partial charge on any atom is -0.307 e. The predicted molar refractivity (Wildman–Crippen MR) is 116 cm³/mol. The number of thioether (sulfide) groups is 1. The molecule has 0 radical (unpaired) electrons. The molecule has 0 fully saturated rings. The number of nitrogens with zero attached hydrogens (tertiary/aromatic N) is 2. The lowest BCUT2D eigenvalue weighted by atomic mass is 10.0. The molecule has 3 rings (SSSR count). The van der Waals surface area contributed by atoms with Gasteiger partial charge < -0.3 is 4.90 Å². The van der Waals surface area contributed by atoms with E-state index >= 15 is 0 Å². The molecule has 1 amide bonds. The Morgan fingerprint density at radius 3 is 2.07 bits per heavy atom. The van der Waals surface area contributed by atoms with E-state index in [1.807, 2.05) is 72.8 Å². The van der Waals surface area contributed by atoms with Crippen molar-refractivity contribution in [2.45, 2.75) is 13.5 Å². The van der Waals surface area contributed by atoms with Crippen LogP contribution in [0.5, 0.6) is 0 Å². The molecule has 3 aromatic rings. The number of hydrogen-bond donors (Lipinski definition) is 0. The van der Waals surface area contributed by atoms with Gasteiger partial charge in [-0.1, -0.05) is 84.9 Å². The second kappa shape index (κ2) is 9.59. The number of rotatable bonds is 6. The second-order valence-corrected chi connectivity index (χ2v) is 6.90. The lowest BCUT2D eigenvalue weighted by Crippen LogP contribution is -2.26. The van der Waals surface area contributed by atoms with E-state index in [9.17, 15) is 4.79 Å². The zero-order chi connectivity index (χ0) is 19.8. The lowest BCUT2D eigenvalue weighted by Gasteiger charge is -2.24. The average Bonchev–Trinajstić information content (AvgIpc) is 2.75. The standard InChI is InChI=1S/C24H20N2OS/c1-19(27)26(16-20-8-4-2-5-9-20)24(17-28-18-25)23-14-12-22(13-15-23)21-10-6-3-7-11-21/h2-15,17H,16H2,1H3. The summed E-state index contributed by atoms with van der Waals surface area (Å²) in [5.41, 5.74) is 4.90. The van der Waals surface area contributed by atoms with Gasteiger partial charge in [0.2, 0.25) is 5.91 Å². The highest BCUT2D eigenvalue weighted by atomic mass is 32.2. The van der Waals surface area contributed by atoms with Crippen molar-refractivity contribution in [2.24, 2.45) is 0 Å². The summed E-state index contributed by atoms with van der Waals surface area (Å²) in [5.74, 6) is -0.0687. The number of nitriles is 1. The molecule has 3 nitrogen and oxygen atoms in total. The van der Waals surface area contributed by atoms with Gasteiger partial charge in [-0.2, -0.15) is 5.26 Å². The number of amides is 1. The molecule has 0 bridgehead atoms. The van der Waals surface area contributed by atoms with Crippen LogP contribution < -0.4 is 0 Å². The van der Waals surface area contributed by atoms with Gasteiger partial charge in [-0.05, 0) is 34.0 Å². The van der Waals surface area contributed by atoms with Crippen molar-refractivity contribution in [1.82, 2.24) is 4.90 Å². The number of carbonyl (C=O) groups is 1. The second-order valence-electron chi connectivity index (χ2n) is 6.25. The highest BCUT2D eigenvalue weighted by molar-refractivity contribution is 8.06. The molecule has 0 atom stereocenters. The Morgan fingerprint density at radius 1 is 0.929 bits per heavy atom. The summed E-state index contributed by atoms with van der Waals surface area (Å²) in [6.45, 7) is 2.00. The van der Waals surface area contributed by atoms with Crippen molar-refractivity contribution in [3.05, 3.63) is 101 Å². The lowest BCUT2D eigenvalue weighted by molar-refractivity contribution is -0.126. The Hall–Kier alpha value is -3.29. The minimum atomic E-state index is -0.0687. The highest BCUT2D eigenvalue weighted by Crippen LogP contribution is 2.27. The van der Waals surface area contributed by atoms with Crippen molar-refractivity contribution in [2.75, 3.05) is 0 Å². The molecule has 4 heteroatoms. The number of hydrogen-bond acceptors (Lipinski definition) is 3. The summed E-state index contributed by atoms with van der Waals surface area (Å²) < 4.78 is 0. The summed E-state index contributed by atoms with van der Waals surface area (Å²) in [5, 5.41) is 12.8. The van der Waals surface area contributed by atoms with Crippen molar-refractivity contribution in [3.8, 4) is 16.5 Å². The first-order chi connectivity index (χ1) is 13.7. The summed E-state index contributed by atoms with van der Waals surface area (Å²) in [6, 6.07) is 28.0. The van der Waals surface area contributed by atoms with Crippen LogP contribution in [0.1, 0.15) is 18.1 Å². The number of carbonyl (C=O) groups excluding carboxylic acids is 1. The summed E-state index contributed by atoms with van der Waals surface area (Å²) in [4.78, 5) is 14.1. The van der Waals surface area contributed by atoms with Crippen molar-refractivity contribution < 1.29 is 4.79 Å². The topological polar surface area (TPSA) is 44.1 Å². The molecule has 0 N–H and O–H groups in total. The van der Waals surface area contributed by atoms with E-state index in [0.717, 1.165) is 39.7 Å². The average molecular weight is 385 g/mol. The van der Waals surface area contributed by atoms with Crippen LogP contribution in [0.3, 0.4) is 0 Å². The molecule has 0 aliphatic heterocycles. The molecule has 3 aromatic carbocycles. The van der Waals surface area contributed by atoms with Gasteiger partial charge in [-0.3, -0.25) is 4.79 Å². The van der Waals surface area contributed by atoms with E-state index < -0.39 is 0 Å². The van der Waals surface area contributed by atoms with Crippen LogP contribution >= 0.6 is 11.8 Å². The van der Waals surface area contributed by atoms with Gasteiger partial charge in [0.15, 0.2) is 0 Å². The normalized spacial score (nSPS) is 10.9. The summed E-state index contributed by atoms with van der Waals surface area (Å²) >= 11 is 1.02. The van der Waals surface area contributed by atoms with E-state index in [-0.39, 0.29) is 5.91 Å². The predicted octanol–water partition coefficient (Wildman–Crippen LogP) is 5.91. The van der Waals surface area contributed by atoms with Gasteiger partial charge in [0.05, 0.1) is 12.2 Å². The van der Waals surface area contributed by atoms with Gasteiger partial charge >= 0.3 is 0 Å². The Morgan fingerprint density at radius 2 is 1.50 bits per heavy atom. The SMILES string of the molecule is CC(=O)N(Cc1ccccc1)C(=CSC#N)c1ccc(-c2ccccc2)cc1. The largest absolute Gasteiger partial charge is 0.307 e. The highest BCUT2D eigenvalue weighted by Gasteiger charge is 2.17. The van der Waals surface area contributed by atoms with Crippen molar-refractivity contribution in [3.63, 3.8) is 0 Å². The quantitative estimate of drug-likeness (QED) is 0.496. The van der Waals surface area contributed by atoms with E-state index in [0.29, 0.717) is 6.54 Å². The van der Waals surface area contributed by atoms with E-state index in [4.69, 9.17) is 5.26 Å². The molecule has 0 unspecified atom stereocenters. The maximum atomic E-state index is 12.4. The van der Waals surface area contributed by atoms with Gasteiger partial charge in [0.1, 0.15) is 5.40 Å². The van der Waals surface area contributed by atoms with E-state index in [1.54, 1.807) is 17.2 Å². The van der Waals surface area contributed by atoms with Crippen LogP contribution in [-0.2, 0) is 11.3 Å². The van der Waals surface area contributed by atoms with E-state index in [1.165, 1.54) is 0 Å². The molecule has 0 saturated heterocycles. The monoisotopic (exact) mass is 384 g/mol. The maximum absolute atomic E-state index is 12.4. The van der Waals surface area contributed by atoms with Gasteiger partial charge in [-0.25, -0.2) is 0 Å². The molecule has 138 valence electrons. The van der Waals surface area contributed by atoms with E-state index in [2.05, 4.69) is 17.5 Å². The van der Waals surface area contributed by atoms with Crippen LogP contribution in [-0.4, -0.2) is 10.8 Å². The van der Waals surface area contributed by atoms with Crippen molar-refractivity contribution in [1.29, 1.82) is 5.26 Å². The third kappa shape index (κ3) is 4.91. The first kappa shape index (κ1) is 19.5. The minimum absolute atomic E-state index is 0.0687. The zero-order valence-electron chi connectivity index (χ0n) is 15.6. The first-order valence-corrected chi connectivity index (χ1v) is 9.80. The zero-order valence-corrected chi connectivity index (χ0v) is 16.4. The molecular formula is C24H20N2OS. The molecule has 28 heavy (non-hydrogen) atoms. The fourth-order valence-electron chi connectivity index (χ4n) is 2.97. The van der Waals surface area contributed by atoms with Crippen LogP contribution in [0.4, 0.5) is 0 Å². The molecule has 0 spiro atoms. The third-order valence-corrected chi connectivity index (χ3v) is 4.81. The molecule has 0 aliphatic carbocycles. The Balaban J connectivity index is 1.94. The van der Waals surface area contributed by atoms with Crippen LogP contribution in [0.25, 0.3) is 16.8 Å². The Kier molecular flexibility index (Phi) is 6.67. The van der Waals surface area contributed by atoms with Crippen LogP contribution in [0.2, 0.25) is 0 Å². The smallest absolute Gasteiger partial charge is 0.224 e. The van der Waals surface area contributed by atoms with Crippen LogP contribution in [0, 0.1) is 10.7 Å². The molecule has 0 aromatic heterocycles. The Labute approximate surface area is 169 Å². The van der Waals surface area contributed by atoms with Gasteiger partial charge in [0.25, 0.3) is 0 Å². The molecule has 0 heterocycles. The summed E-state index contributed by atoms with van der Waals surface area (Å²) in [7, 11) is 0. The van der Waals surface area contributed by atoms with Gasteiger partial charge in [0, 0.05) is 12.3 Å². The molecule has 0 aliphatic rings. The fourth-order valence-corrected chi connectivity index (χ4v) is 3.39. The first-order valence-electron chi connectivity index (χ1n) is 8.92. The molecule has 0 saturated carbocycles. The van der Waals surface area contributed by atoms with Gasteiger partial charge in [-0.15, -0.1) is 0 Å². The number of thiocyanates is 1. The molecular weight excluding hydrogens is 364 g/mol. The maximum Gasteiger partial charge on any atom is 0.224 e. The Bertz CT molecular complexity index is 990. The van der Waals surface area contributed by atoms with Crippen LogP contribution in [0.15, 0.2) is 90.3 Å². The fraction of sp³-hybridized carbons (Fsp3) is 0.0833. The third-order valence-electron chi connectivity index (χ3n) is 4.37.